The number of hydrogen-bond acceptors (Lipinski definition) is 4. The second-order valence-corrected chi connectivity index (χ2v) is 8.68. The summed E-state index contributed by atoms with van der Waals surface area (Å²) < 4.78 is 12.2. The average molecular weight is 460 g/mol. The summed E-state index contributed by atoms with van der Waals surface area (Å²) in [6.45, 7) is 3.39. The summed E-state index contributed by atoms with van der Waals surface area (Å²) in [6.07, 6.45) is 4.27. The van der Waals surface area contributed by atoms with Crippen molar-refractivity contribution in [1.82, 2.24) is 4.90 Å². The first kappa shape index (κ1) is 22.2. The molecule has 1 saturated heterocycles. The van der Waals surface area contributed by atoms with Gasteiger partial charge >= 0.3 is 0 Å². The molecule has 3 atom stereocenters. The van der Waals surface area contributed by atoms with Gasteiger partial charge in [0.1, 0.15) is 6.29 Å². The Morgan fingerprint density at radius 1 is 0.897 bits per heavy atom. The lowest BCUT2D eigenvalue weighted by atomic mass is 10.0. The van der Waals surface area contributed by atoms with E-state index in [2.05, 4.69) is 33.0 Å². The van der Waals surface area contributed by atoms with E-state index in [1.807, 2.05) is 48.5 Å². The average Bonchev–Trinajstić information content (AvgIpc) is 2.78. The molecule has 29 heavy (non-hydrogen) atoms. The molecule has 1 aliphatic heterocycles. The highest BCUT2D eigenvalue weighted by molar-refractivity contribution is 9.09. The van der Waals surface area contributed by atoms with Crippen LogP contribution in [0.1, 0.15) is 30.4 Å². The third-order valence-corrected chi connectivity index (χ3v) is 6.10. The van der Waals surface area contributed by atoms with E-state index in [9.17, 15) is 4.79 Å². The quantitative estimate of drug-likeness (QED) is 0.363. The van der Waals surface area contributed by atoms with Crippen molar-refractivity contribution in [3.63, 3.8) is 0 Å². The summed E-state index contributed by atoms with van der Waals surface area (Å²) in [6, 6.07) is 19.9. The van der Waals surface area contributed by atoms with Crippen molar-refractivity contribution in [3.05, 3.63) is 71.8 Å². The van der Waals surface area contributed by atoms with Gasteiger partial charge in [-0.3, -0.25) is 4.90 Å². The van der Waals surface area contributed by atoms with Crippen molar-refractivity contribution in [3.8, 4) is 0 Å². The van der Waals surface area contributed by atoms with E-state index >= 15 is 0 Å². The van der Waals surface area contributed by atoms with Crippen LogP contribution in [0.2, 0.25) is 0 Å². The Morgan fingerprint density at radius 3 is 2.07 bits per heavy atom. The number of rotatable bonds is 11. The first-order valence-electron chi connectivity index (χ1n) is 10.4. The molecule has 0 aromatic heterocycles. The Morgan fingerprint density at radius 2 is 1.48 bits per heavy atom. The maximum atomic E-state index is 12.1. The van der Waals surface area contributed by atoms with Gasteiger partial charge in [-0.15, -0.1) is 0 Å². The van der Waals surface area contributed by atoms with Gasteiger partial charge in [0.2, 0.25) is 0 Å². The zero-order valence-corrected chi connectivity index (χ0v) is 18.4. The molecule has 3 unspecified atom stereocenters. The number of benzene rings is 2. The van der Waals surface area contributed by atoms with Gasteiger partial charge in [0, 0.05) is 0 Å². The molecule has 0 amide bonds. The largest absolute Gasteiger partial charge is 0.376 e. The van der Waals surface area contributed by atoms with Crippen molar-refractivity contribution in [2.75, 3.05) is 19.7 Å². The van der Waals surface area contributed by atoms with Crippen LogP contribution >= 0.6 is 15.9 Å². The molecule has 2 aromatic rings. The van der Waals surface area contributed by atoms with Crippen LogP contribution in [0.4, 0.5) is 0 Å². The number of ether oxygens (including phenoxy) is 2. The maximum absolute atomic E-state index is 12.1. The van der Waals surface area contributed by atoms with E-state index in [1.54, 1.807) is 0 Å². The predicted octanol–water partition coefficient (Wildman–Crippen LogP) is 4.61. The summed E-state index contributed by atoms with van der Waals surface area (Å²) in [5.74, 6) is 0. The molecule has 156 valence electrons. The number of piperidine rings is 1. The van der Waals surface area contributed by atoms with Crippen LogP contribution in [0.3, 0.4) is 0 Å². The summed E-state index contributed by atoms with van der Waals surface area (Å²) in [5, 5.41) is 0. The predicted molar refractivity (Wildman–Crippen MR) is 119 cm³/mol. The Bertz CT molecular complexity index is 707. The molecule has 0 aliphatic carbocycles. The fraction of sp³-hybridized carbons (Fsp3) is 0.458. The molecule has 0 saturated carbocycles. The highest BCUT2D eigenvalue weighted by atomic mass is 79.9. The lowest BCUT2D eigenvalue weighted by molar-refractivity contribution is -0.120. The van der Waals surface area contributed by atoms with E-state index in [0.29, 0.717) is 19.8 Å². The minimum Gasteiger partial charge on any atom is -0.376 e. The first-order chi connectivity index (χ1) is 14.3. The number of alkyl halides is 1. The molecule has 2 aromatic carbocycles. The molecule has 5 heteroatoms. The molecule has 0 N–H and O–H groups in total. The molecule has 0 spiro atoms. The Kier molecular flexibility index (Phi) is 9.35. The second kappa shape index (κ2) is 12.2. The van der Waals surface area contributed by atoms with Gasteiger partial charge in [-0.2, -0.15) is 0 Å². The summed E-state index contributed by atoms with van der Waals surface area (Å²) in [7, 11) is 0. The number of halogens is 1. The van der Waals surface area contributed by atoms with Gasteiger partial charge in [-0.25, -0.2) is 0 Å². The van der Waals surface area contributed by atoms with E-state index < -0.39 is 0 Å². The summed E-state index contributed by atoms with van der Waals surface area (Å²) in [4.78, 5) is 14.3. The van der Waals surface area contributed by atoms with Crippen molar-refractivity contribution in [2.45, 2.75) is 49.4 Å². The fourth-order valence-electron chi connectivity index (χ4n) is 3.73. The van der Waals surface area contributed by atoms with Crippen molar-refractivity contribution in [1.29, 1.82) is 0 Å². The van der Waals surface area contributed by atoms with Crippen LogP contribution < -0.4 is 0 Å². The van der Waals surface area contributed by atoms with Crippen LogP contribution in [0.25, 0.3) is 0 Å². The number of likely N-dealkylation sites (tertiary alicyclic amines) is 1. The molecule has 0 radical (unpaired) electrons. The third-order valence-electron chi connectivity index (χ3n) is 5.32. The highest BCUT2D eigenvalue weighted by Gasteiger charge is 2.34. The van der Waals surface area contributed by atoms with E-state index in [0.717, 1.165) is 43.3 Å². The standard InChI is InChI=1S/C24H30BrNO3/c25-22(19-28-17-20-10-4-1-5-11-20)24(29-18-21-12-6-2-7-13-21)23(16-27)26-14-8-3-9-15-26/h1-2,4-7,10-13,16,22-24H,3,8-9,14-15,17-19H2. The van der Waals surface area contributed by atoms with Crippen LogP contribution in [0, 0.1) is 0 Å². The first-order valence-corrected chi connectivity index (χ1v) is 11.3. The number of hydrogen-bond donors (Lipinski definition) is 0. The van der Waals surface area contributed by atoms with Gasteiger partial charge in [0.15, 0.2) is 0 Å². The number of carbonyl (C=O) groups is 1. The highest BCUT2D eigenvalue weighted by Crippen LogP contribution is 2.22. The zero-order chi connectivity index (χ0) is 20.3. The maximum Gasteiger partial charge on any atom is 0.139 e. The molecule has 1 fully saturated rings. The number of carbonyl (C=O) groups excluding carboxylic acids is 1. The van der Waals surface area contributed by atoms with Gasteiger partial charge in [0.25, 0.3) is 0 Å². The molecule has 1 heterocycles. The zero-order valence-electron chi connectivity index (χ0n) is 16.8. The van der Waals surface area contributed by atoms with Gasteiger partial charge in [-0.05, 0) is 37.1 Å². The van der Waals surface area contributed by atoms with E-state index in [1.165, 1.54) is 6.42 Å². The van der Waals surface area contributed by atoms with E-state index in [-0.39, 0.29) is 17.0 Å². The lowest BCUT2D eigenvalue weighted by Crippen LogP contribution is -2.52. The molecular weight excluding hydrogens is 430 g/mol. The number of aldehydes is 1. The monoisotopic (exact) mass is 459 g/mol. The van der Waals surface area contributed by atoms with Gasteiger partial charge in [-0.1, -0.05) is 83.0 Å². The summed E-state index contributed by atoms with van der Waals surface area (Å²) in [5.41, 5.74) is 2.24. The van der Waals surface area contributed by atoms with Crippen LogP contribution in [-0.2, 0) is 27.5 Å². The Balaban J connectivity index is 1.63. The normalized spacial score (nSPS) is 18.1. The second-order valence-electron chi connectivity index (χ2n) is 7.50. The fourth-order valence-corrected chi connectivity index (χ4v) is 4.38. The minimum absolute atomic E-state index is 0.0768. The van der Waals surface area contributed by atoms with Crippen molar-refractivity contribution < 1.29 is 14.3 Å². The van der Waals surface area contributed by atoms with Gasteiger partial charge < -0.3 is 14.3 Å². The smallest absolute Gasteiger partial charge is 0.139 e. The van der Waals surface area contributed by atoms with Crippen LogP contribution in [0.15, 0.2) is 60.7 Å². The Hall–Kier alpha value is -1.53. The van der Waals surface area contributed by atoms with Crippen LogP contribution in [0.5, 0.6) is 0 Å². The minimum atomic E-state index is -0.276. The summed E-state index contributed by atoms with van der Waals surface area (Å²) >= 11 is 3.76. The van der Waals surface area contributed by atoms with Crippen molar-refractivity contribution in [2.24, 2.45) is 0 Å². The Labute approximate surface area is 182 Å². The molecule has 3 rings (SSSR count). The van der Waals surface area contributed by atoms with Crippen LogP contribution in [-0.4, -0.2) is 47.9 Å². The molecular formula is C24H30BrNO3. The number of nitrogens with zero attached hydrogens (tertiary/aromatic N) is 1. The topological polar surface area (TPSA) is 38.8 Å². The van der Waals surface area contributed by atoms with Gasteiger partial charge in [0.05, 0.1) is 36.8 Å². The van der Waals surface area contributed by atoms with Crippen molar-refractivity contribution >= 4 is 22.2 Å². The SMILES string of the molecule is O=CC(C(OCc1ccccc1)C(Br)COCc1ccccc1)N1CCCCC1. The molecule has 1 aliphatic rings. The lowest BCUT2D eigenvalue weighted by Gasteiger charge is -2.37. The molecule has 0 bridgehead atoms. The molecule has 4 nitrogen and oxygen atoms in total. The van der Waals surface area contributed by atoms with E-state index in [4.69, 9.17) is 9.47 Å². The third kappa shape index (κ3) is 7.03.